The van der Waals surface area contributed by atoms with Gasteiger partial charge in [0.05, 0.1) is 10.4 Å². The second-order valence-corrected chi connectivity index (χ2v) is 7.04. The van der Waals surface area contributed by atoms with Gasteiger partial charge in [0, 0.05) is 16.0 Å². The maximum Gasteiger partial charge on any atom is 0.279 e. The Balaban J connectivity index is 1.49. The molecule has 2 amide bonds. The van der Waals surface area contributed by atoms with Crippen LogP contribution in [-0.2, 0) is 6.61 Å². The van der Waals surface area contributed by atoms with Crippen LogP contribution in [0.25, 0.3) is 10.4 Å². The molecule has 0 saturated carbocycles. The third-order valence-electron chi connectivity index (χ3n) is 4.12. The van der Waals surface area contributed by atoms with Crippen LogP contribution in [-0.4, -0.2) is 11.8 Å². The van der Waals surface area contributed by atoms with E-state index in [1.54, 1.807) is 26.0 Å². The van der Waals surface area contributed by atoms with Gasteiger partial charge in [0.15, 0.2) is 0 Å². The lowest BCUT2D eigenvalue weighted by Gasteiger charge is -2.16. The molecule has 0 saturated heterocycles. The predicted octanol–water partition coefficient (Wildman–Crippen LogP) is 3.59. The molecule has 2 aromatic heterocycles. The molecule has 6 nitrogen and oxygen atoms in total. The summed E-state index contributed by atoms with van der Waals surface area (Å²) >= 11 is 1.38. The Morgan fingerprint density at radius 3 is 2.62 bits per heavy atom. The molecule has 0 fully saturated rings. The first-order chi connectivity index (χ1) is 12.5. The summed E-state index contributed by atoms with van der Waals surface area (Å²) in [6.07, 6.45) is 0. The average Bonchev–Trinajstić information content (AvgIpc) is 3.22. The van der Waals surface area contributed by atoms with E-state index >= 15 is 0 Å². The van der Waals surface area contributed by atoms with Crippen LogP contribution < -0.4 is 15.6 Å². The third-order valence-corrected chi connectivity index (χ3v) is 5.33. The molecule has 0 radical (unpaired) electrons. The molecule has 3 heterocycles. The van der Waals surface area contributed by atoms with Crippen molar-refractivity contribution < 1.29 is 18.7 Å². The number of hydrazine groups is 1. The Bertz CT molecular complexity index is 1020. The van der Waals surface area contributed by atoms with Crippen molar-refractivity contribution in [3.05, 3.63) is 63.9 Å². The van der Waals surface area contributed by atoms with Crippen molar-refractivity contribution in [2.45, 2.75) is 20.5 Å². The van der Waals surface area contributed by atoms with Crippen molar-refractivity contribution in [2.24, 2.45) is 0 Å². The standard InChI is InChI=1S/C19H16N2O4S/c1-10-7-14(11(2)25-10)18(22)20-21-19(23)16-8-12-9-24-15-6-4-3-5-13(15)17(12)26-16/h3-8H,9H2,1-2H3,(H,20,22)(H,21,23). The number of aryl methyl sites for hydroxylation is 2. The fourth-order valence-electron chi connectivity index (χ4n) is 2.91. The minimum atomic E-state index is -0.414. The largest absolute Gasteiger partial charge is 0.488 e. The van der Waals surface area contributed by atoms with Crippen molar-refractivity contribution in [1.29, 1.82) is 0 Å². The van der Waals surface area contributed by atoms with Crippen LogP contribution in [0.15, 0.2) is 40.8 Å². The van der Waals surface area contributed by atoms with E-state index in [9.17, 15) is 9.59 Å². The van der Waals surface area contributed by atoms with Crippen LogP contribution >= 0.6 is 11.3 Å². The van der Waals surface area contributed by atoms with Crippen molar-refractivity contribution in [3.8, 4) is 16.2 Å². The molecule has 1 aromatic carbocycles. The Morgan fingerprint density at radius 2 is 1.85 bits per heavy atom. The lowest BCUT2D eigenvalue weighted by Crippen LogP contribution is -2.41. The number of para-hydroxylation sites is 1. The lowest BCUT2D eigenvalue weighted by molar-refractivity contribution is 0.0848. The number of furan rings is 1. The van der Waals surface area contributed by atoms with E-state index in [4.69, 9.17) is 9.15 Å². The van der Waals surface area contributed by atoms with E-state index in [2.05, 4.69) is 10.9 Å². The van der Waals surface area contributed by atoms with Crippen molar-refractivity contribution >= 4 is 23.2 Å². The molecule has 7 heteroatoms. The van der Waals surface area contributed by atoms with Crippen molar-refractivity contribution in [2.75, 3.05) is 0 Å². The van der Waals surface area contributed by atoms with Gasteiger partial charge in [-0.1, -0.05) is 12.1 Å². The number of rotatable bonds is 2. The average molecular weight is 368 g/mol. The first-order valence-corrected chi connectivity index (χ1v) is 8.87. The van der Waals surface area contributed by atoms with Gasteiger partial charge in [0.2, 0.25) is 0 Å². The number of carbonyl (C=O) groups is 2. The third kappa shape index (κ3) is 2.86. The highest BCUT2D eigenvalue weighted by atomic mass is 32.1. The number of benzene rings is 1. The summed E-state index contributed by atoms with van der Waals surface area (Å²) in [4.78, 5) is 26.1. The van der Waals surface area contributed by atoms with Crippen LogP contribution in [0.5, 0.6) is 5.75 Å². The summed E-state index contributed by atoms with van der Waals surface area (Å²) in [5, 5.41) is 0. The van der Waals surface area contributed by atoms with E-state index in [0.29, 0.717) is 28.6 Å². The van der Waals surface area contributed by atoms with Gasteiger partial charge in [0.25, 0.3) is 11.8 Å². The van der Waals surface area contributed by atoms with Crippen molar-refractivity contribution in [3.63, 3.8) is 0 Å². The van der Waals surface area contributed by atoms with Gasteiger partial charge in [0.1, 0.15) is 23.9 Å². The number of hydrogen-bond acceptors (Lipinski definition) is 5. The summed E-state index contributed by atoms with van der Waals surface area (Å²) in [6.45, 7) is 3.89. The zero-order chi connectivity index (χ0) is 18.3. The minimum absolute atomic E-state index is 0.367. The maximum atomic E-state index is 12.4. The molecule has 132 valence electrons. The number of hydrogen-bond donors (Lipinski definition) is 2. The predicted molar refractivity (Wildman–Crippen MR) is 97.2 cm³/mol. The Kier molecular flexibility index (Phi) is 4.00. The Hall–Kier alpha value is -3.06. The number of ether oxygens (including phenoxy) is 1. The van der Waals surface area contributed by atoms with Gasteiger partial charge in [-0.25, -0.2) is 0 Å². The number of carbonyl (C=O) groups excluding carboxylic acids is 2. The Labute approximate surface area is 153 Å². The highest BCUT2D eigenvalue weighted by molar-refractivity contribution is 7.17. The van der Waals surface area contributed by atoms with E-state index in [0.717, 1.165) is 21.8 Å². The maximum absolute atomic E-state index is 12.4. The van der Waals surface area contributed by atoms with Gasteiger partial charge in [-0.2, -0.15) is 0 Å². The summed E-state index contributed by atoms with van der Waals surface area (Å²) in [6, 6.07) is 11.2. The first kappa shape index (κ1) is 16.4. The monoisotopic (exact) mass is 368 g/mol. The van der Waals surface area contributed by atoms with E-state index in [1.165, 1.54) is 11.3 Å². The summed E-state index contributed by atoms with van der Waals surface area (Å²) in [5.74, 6) is 1.18. The molecule has 2 N–H and O–H groups in total. The first-order valence-electron chi connectivity index (χ1n) is 8.05. The minimum Gasteiger partial charge on any atom is -0.488 e. The fraction of sp³-hybridized carbons (Fsp3) is 0.158. The summed E-state index contributed by atoms with van der Waals surface area (Å²) < 4.78 is 11.0. The lowest BCUT2D eigenvalue weighted by atomic mass is 10.1. The SMILES string of the molecule is Cc1cc(C(=O)NNC(=O)c2cc3c(s2)-c2ccccc2OC3)c(C)o1. The molecule has 0 spiro atoms. The molecule has 1 aliphatic rings. The second-order valence-electron chi connectivity index (χ2n) is 5.99. The Morgan fingerprint density at radius 1 is 1.08 bits per heavy atom. The quantitative estimate of drug-likeness (QED) is 0.678. The normalized spacial score (nSPS) is 11.9. The topological polar surface area (TPSA) is 80.6 Å². The number of thiophene rings is 1. The summed E-state index contributed by atoms with van der Waals surface area (Å²) in [7, 11) is 0. The van der Waals surface area contributed by atoms with E-state index in [-0.39, 0.29) is 5.91 Å². The molecule has 26 heavy (non-hydrogen) atoms. The van der Waals surface area contributed by atoms with Crippen LogP contribution in [0.2, 0.25) is 0 Å². The van der Waals surface area contributed by atoms with Gasteiger partial charge >= 0.3 is 0 Å². The number of amides is 2. The highest BCUT2D eigenvalue weighted by Crippen LogP contribution is 2.42. The van der Waals surface area contributed by atoms with Crippen LogP contribution in [0, 0.1) is 13.8 Å². The van der Waals surface area contributed by atoms with Gasteiger partial charge < -0.3 is 9.15 Å². The molecule has 3 aromatic rings. The number of nitrogens with one attached hydrogen (secondary N) is 2. The van der Waals surface area contributed by atoms with Crippen molar-refractivity contribution in [1.82, 2.24) is 10.9 Å². The van der Waals surface area contributed by atoms with Crippen LogP contribution in [0.4, 0.5) is 0 Å². The molecule has 4 rings (SSSR count). The molecule has 0 unspecified atom stereocenters. The molecular weight excluding hydrogens is 352 g/mol. The highest BCUT2D eigenvalue weighted by Gasteiger charge is 2.23. The van der Waals surface area contributed by atoms with E-state index in [1.807, 2.05) is 24.3 Å². The smallest absolute Gasteiger partial charge is 0.279 e. The van der Waals surface area contributed by atoms with Gasteiger partial charge in [-0.15, -0.1) is 11.3 Å². The molecule has 0 bridgehead atoms. The van der Waals surface area contributed by atoms with Crippen LogP contribution in [0.1, 0.15) is 37.1 Å². The van der Waals surface area contributed by atoms with E-state index < -0.39 is 5.91 Å². The van der Waals surface area contributed by atoms with Crippen LogP contribution in [0.3, 0.4) is 0 Å². The molecule has 0 atom stereocenters. The van der Waals surface area contributed by atoms with Gasteiger partial charge in [-0.3, -0.25) is 20.4 Å². The summed E-state index contributed by atoms with van der Waals surface area (Å²) in [5.41, 5.74) is 7.23. The molecule has 0 aliphatic carbocycles. The zero-order valence-electron chi connectivity index (χ0n) is 14.2. The number of fused-ring (bicyclic) bond motifs is 3. The fourth-order valence-corrected chi connectivity index (χ4v) is 4.00. The molecular formula is C19H16N2O4S. The van der Waals surface area contributed by atoms with Gasteiger partial charge in [-0.05, 0) is 38.1 Å². The zero-order valence-corrected chi connectivity index (χ0v) is 15.0. The second kappa shape index (κ2) is 6.34. The molecule has 1 aliphatic heterocycles.